The highest BCUT2D eigenvalue weighted by Gasteiger charge is 2.45. The molecule has 2 bridgehead atoms. The third-order valence-electron chi connectivity index (χ3n) is 5.49. The number of carbonyl (C=O) groups is 1. The largest absolute Gasteiger partial charge is 0.302 e. The van der Waals surface area contributed by atoms with Crippen molar-refractivity contribution in [2.75, 3.05) is 0 Å². The third-order valence-corrected chi connectivity index (χ3v) is 5.49. The molecule has 23 heavy (non-hydrogen) atoms. The van der Waals surface area contributed by atoms with Crippen molar-refractivity contribution in [3.05, 3.63) is 71.8 Å². The van der Waals surface area contributed by atoms with E-state index in [1.807, 2.05) is 12.1 Å². The fraction of sp³-hybridized carbons (Fsp3) is 0.381. The van der Waals surface area contributed by atoms with E-state index in [1.165, 1.54) is 24.0 Å². The zero-order valence-electron chi connectivity index (χ0n) is 13.3. The molecule has 1 aliphatic carbocycles. The number of Topliss-reactive ketones (excluding diaryl/α,β-unsaturated/α-hetero) is 1. The Labute approximate surface area is 137 Å². The lowest BCUT2D eigenvalue weighted by molar-refractivity contribution is -0.131. The summed E-state index contributed by atoms with van der Waals surface area (Å²) in [5.41, 5.74) is 2.49. The van der Waals surface area contributed by atoms with Crippen molar-refractivity contribution in [2.45, 2.75) is 37.8 Å². The van der Waals surface area contributed by atoms with Gasteiger partial charge in [0.05, 0.1) is 0 Å². The number of piperidine rings is 1. The van der Waals surface area contributed by atoms with E-state index in [-0.39, 0.29) is 23.9 Å². The molecular weight excluding hydrogens is 282 g/mol. The summed E-state index contributed by atoms with van der Waals surface area (Å²) in [5, 5.41) is 3.84. The maximum atomic E-state index is 13.2. The van der Waals surface area contributed by atoms with E-state index in [0.717, 1.165) is 12.8 Å². The van der Waals surface area contributed by atoms with Gasteiger partial charge in [-0.15, -0.1) is 0 Å². The second kappa shape index (κ2) is 6.29. The van der Waals surface area contributed by atoms with Gasteiger partial charge in [0.25, 0.3) is 0 Å². The predicted molar refractivity (Wildman–Crippen MR) is 92.0 cm³/mol. The molecule has 0 spiro atoms. The van der Waals surface area contributed by atoms with Crippen molar-refractivity contribution < 1.29 is 4.79 Å². The second-order valence-electron chi connectivity index (χ2n) is 6.84. The molecule has 1 heterocycles. The predicted octanol–water partition coefficient (Wildman–Crippen LogP) is 4.45. The van der Waals surface area contributed by atoms with Crippen LogP contribution in [-0.4, -0.2) is 5.78 Å². The third kappa shape index (κ3) is 2.72. The van der Waals surface area contributed by atoms with E-state index in [1.54, 1.807) is 0 Å². The van der Waals surface area contributed by atoms with Crippen LogP contribution in [0.15, 0.2) is 60.7 Å². The molecule has 2 aromatic rings. The summed E-state index contributed by atoms with van der Waals surface area (Å²) >= 11 is 0. The Balaban J connectivity index is 1.74. The van der Waals surface area contributed by atoms with Gasteiger partial charge in [0.1, 0.15) is 5.78 Å². The molecule has 0 unspecified atom stereocenters. The summed E-state index contributed by atoms with van der Waals surface area (Å²) in [4.78, 5) is 13.2. The van der Waals surface area contributed by atoms with Crippen LogP contribution in [0.2, 0.25) is 0 Å². The van der Waals surface area contributed by atoms with E-state index in [0.29, 0.717) is 5.78 Å². The van der Waals surface area contributed by atoms with Gasteiger partial charge >= 0.3 is 0 Å². The van der Waals surface area contributed by atoms with Gasteiger partial charge in [-0.25, -0.2) is 0 Å². The average molecular weight is 305 g/mol. The molecule has 4 atom stereocenters. The Bertz CT molecular complexity index is 609. The van der Waals surface area contributed by atoms with E-state index in [2.05, 4.69) is 53.8 Å². The number of rotatable bonds is 2. The Morgan fingerprint density at radius 1 is 0.696 bits per heavy atom. The Kier molecular flexibility index (Phi) is 4.00. The summed E-state index contributed by atoms with van der Waals surface area (Å²) in [7, 11) is 0. The lowest BCUT2D eigenvalue weighted by atomic mass is 9.74. The highest BCUT2D eigenvalue weighted by Crippen LogP contribution is 2.44. The summed E-state index contributed by atoms with van der Waals surface area (Å²) in [6, 6.07) is 21.3. The molecule has 118 valence electrons. The Morgan fingerprint density at radius 3 is 1.57 bits per heavy atom. The van der Waals surface area contributed by atoms with Crippen molar-refractivity contribution >= 4 is 5.78 Å². The van der Waals surface area contributed by atoms with Crippen LogP contribution in [0.4, 0.5) is 0 Å². The van der Waals surface area contributed by atoms with Gasteiger partial charge < -0.3 is 5.32 Å². The normalized spacial score (nSPS) is 30.7. The molecule has 1 aliphatic heterocycles. The molecule has 1 saturated heterocycles. The van der Waals surface area contributed by atoms with Crippen LogP contribution in [0.3, 0.4) is 0 Å². The molecule has 2 aromatic carbocycles. The zero-order valence-corrected chi connectivity index (χ0v) is 13.3. The van der Waals surface area contributed by atoms with Crippen molar-refractivity contribution in [2.24, 2.45) is 11.8 Å². The summed E-state index contributed by atoms with van der Waals surface area (Å²) in [6.45, 7) is 0. The number of hydrogen-bond acceptors (Lipinski definition) is 2. The first-order valence-electron chi connectivity index (χ1n) is 8.74. The van der Waals surface area contributed by atoms with Gasteiger partial charge in [0.2, 0.25) is 0 Å². The SMILES string of the molecule is O=C1[C@H]2CCCC[C@@H]1[C@H](c1ccccc1)N[C@@H]2c1ccccc1. The maximum absolute atomic E-state index is 13.2. The van der Waals surface area contributed by atoms with Crippen molar-refractivity contribution in [1.29, 1.82) is 0 Å². The number of carbonyl (C=O) groups excluding carboxylic acids is 1. The van der Waals surface area contributed by atoms with Gasteiger partial charge in [0.15, 0.2) is 0 Å². The lowest BCUT2D eigenvalue weighted by Gasteiger charge is -2.41. The van der Waals surface area contributed by atoms with Crippen LogP contribution in [0.5, 0.6) is 0 Å². The molecule has 0 aromatic heterocycles. The van der Waals surface area contributed by atoms with E-state index in [4.69, 9.17) is 0 Å². The quantitative estimate of drug-likeness (QED) is 0.888. The minimum Gasteiger partial charge on any atom is -0.302 e. The minimum atomic E-state index is 0.130. The zero-order chi connectivity index (χ0) is 15.6. The van der Waals surface area contributed by atoms with Crippen LogP contribution in [0, 0.1) is 11.8 Å². The molecule has 2 fully saturated rings. The van der Waals surface area contributed by atoms with Crippen molar-refractivity contribution in [3.8, 4) is 0 Å². The fourth-order valence-electron chi connectivity index (χ4n) is 4.35. The summed E-state index contributed by atoms with van der Waals surface area (Å²) in [6.07, 6.45) is 4.37. The molecule has 0 radical (unpaired) electrons. The molecule has 2 aliphatic rings. The standard InChI is InChI=1S/C21H23NO/c23-21-17-13-7-8-14-18(21)20(16-11-5-2-6-12-16)22-19(17)15-9-3-1-4-10-15/h1-6,9-12,17-20,22H,7-8,13-14H2/t17-,18+,19+,20-. The lowest BCUT2D eigenvalue weighted by Crippen LogP contribution is -2.47. The Hall–Kier alpha value is -1.93. The van der Waals surface area contributed by atoms with E-state index < -0.39 is 0 Å². The van der Waals surface area contributed by atoms with Gasteiger partial charge in [-0.1, -0.05) is 73.5 Å². The average Bonchev–Trinajstić information content (AvgIpc) is 2.74. The number of nitrogens with one attached hydrogen (secondary N) is 1. The number of ketones is 1. The molecule has 1 N–H and O–H groups in total. The van der Waals surface area contributed by atoms with E-state index in [9.17, 15) is 4.79 Å². The van der Waals surface area contributed by atoms with Crippen molar-refractivity contribution in [1.82, 2.24) is 5.32 Å². The smallest absolute Gasteiger partial charge is 0.142 e. The van der Waals surface area contributed by atoms with Crippen LogP contribution in [0.25, 0.3) is 0 Å². The first kappa shape index (κ1) is 14.6. The number of hydrogen-bond donors (Lipinski definition) is 1. The van der Waals surface area contributed by atoms with Gasteiger partial charge in [-0.05, 0) is 24.0 Å². The molecule has 0 amide bonds. The van der Waals surface area contributed by atoms with E-state index >= 15 is 0 Å². The summed E-state index contributed by atoms with van der Waals surface area (Å²) < 4.78 is 0. The molecular formula is C21H23NO. The molecule has 2 heteroatoms. The van der Waals surface area contributed by atoms with Crippen LogP contribution < -0.4 is 5.32 Å². The highest BCUT2D eigenvalue weighted by molar-refractivity contribution is 5.86. The topological polar surface area (TPSA) is 29.1 Å². The van der Waals surface area contributed by atoms with Crippen LogP contribution >= 0.6 is 0 Å². The fourth-order valence-corrected chi connectivity index (χ4v) is 4.35. The van der Waals surface area contributed by atoms with Crippen LogP contribution in [0.1, 0.15) is 48.9 Å². The molecule has 2 nitrogen and oxygen atoms in total. The second-order valence-corrected chi connectivity index (χ2v) is 6.84. The van der Waals surface area contributed by atoms with Crippen molar-refractivity contribution in [3.63, 3.8) is 0 Å². The monoisotopic (exact) mass is 305 g/mol. The minimum absolute atomic E-state index is 0.130. The Morgan fingerprint density at radius 2 is 1.13 bits per heavy atom. The maximum Gasteiger partial charge on any atom is 0.142 e. The molecule has 1 saturated carbocycles. The summed E-state index contributed by atoms with van der Waals surface area (Å²) in [5.74, 6) is 0.735. The molecule has 4 rings (SSSR count). The first-order chi connectivity index (χ1) is 11.3. The number of fused-ring (bicyclic) bond motifs is 2. The van der Waals surface area contributed by atoms with Gasteiger partial charge in [-0.3, -0.25) is 4.79 Å². The van der Waals surface area contributed by atoms with Crippen LogP contribution in [-0.2, 0) is 4.79 Å². The highest BCUT2D eigenvalue weighted by atomic mass is 16.1. The van der Waals surface area contributed by atoms with Gasteiger partial charge in [0, 0.05) is 23.9 Å². The van der Waals surface area contributed by atoms with Gasteiger partial charge in [-0.2, -0.15) is 0 Å². The number of benzene rings is 2. The first-order valence-corrected chi connectivity index (χ1v) is 8.74.